The second-order valence-electron chi connectivity index (χ2n) is 7.46. The van der Waals surface area contributed by atoms with E-state index in [0.29, 0.717) is 29.0 Å². The van der Waals surface area contributed by atoms with Crippen molar-refractivity contribution in [3.8, 4) is 0 Å². The molecule has 0 radical (unpaired) electrons. The number of nitrogens with one attached hydrogen (secondary N) is 1. The fourth-order valence-corrected chi connectivity index (χ4v) is 3.70. The average molecular weight is 398 g/mol. The quantitative estimate of drug-likeness (QED) is 0.504. The number of fused-ring (bicyclic) bond motifs is 1. The predicted octanol–water partition coefficient (Wildman–Crippen LogP) is 3.10. The lowest BCUT2D eigenvalue weighted by Crippen LogP contribution is -2.42. The summed E-state index contributed by atoms with van der Waals surface area (Å²) in [5.41, 5.74) is 21.4. The van der Waals surface area contributed by atoms with E-state index >= 15 is 0 Å². The summed E-state index contributed by atoms with van der Waals surface area (Å²) in [6.07, 6.45) is 4.07. The number of nitrogens with two attached hydrogens (primary N) is 3. The average Bonchev–Trinajstić information content (AvgIpc) is 2.75. The fraction of sp³-hybridized carbons (Fsp3) is 0.0833. The molecule has 0 saturated heterocycles. The lowest BCUT2D eigenvalue weighted by Gasteiger charge is -2.32. The molecule has 30 heavy (non-hydrogen) atoms. The van der Waals surface area contributed by atoms with Gasteiger partial charge in [-0.15, -0.1) is 0 Å². The van der Waals surface area contributed by atoms with Crippen LogP contribution in [0.25, 0.3) is 6.08 Å². The van der Waals surface area contributed by atoms with Gasteiger partial charge in [-0.25, -0.2) is 0 Å². The topological polar surface area (TPSA) is 124 Å². The predicted molar refractivity (Wildman–Crippen MR) is 120 cm³/mol. The third-order valence-electron chi connectivity index (χ3n) is 5.46. The van der Waals surface area contributed by atoms with Crippen LogP contribution in [0, 0.1) is 0 Å². The van der Waals surface area contributed by atoms with Crippen LogP contribution in [0.15, 0.2) is 72.8 Å². The first kappa shape index (κ1) is 19.3. The maximum atomic E-state index is 12.6. The summed E-state index contributed by atoms with van der Waals surface area (Å²) in [4.78, 5) is 25.1. The molecule has 1 unspecified atom stereocenters. The van der Waals surface area contributed by atoms with Crippen molar-refractivity contribution in [2.24, 2.45) is 5.73 Å². The van der Waals surface area contributed by atoms with Gasteiger partial charge in [0.2, 0.25) is 5.91 Å². The SMILES string of the molecule is NC(=O)C1(c2ccc(N)cc2)C=Cc2cc(C(=O)Nc3ccc(N)cc3)ccc2C1. The minimum absolute atomic E-state index is 0.221. The standard InChI is InChI=1S/C24H22N4O2/c25-19-5-3-18(4-6-19)24(23(27)30)12-11-15-13-16(1-2-17(15)14-24)22(29)28-21-9-7-20(26)8-10-21/h1-13H,14,25-26H2,(H2,27,30)(H,28,29). The van der Waals surface area contributed by atoms with Crippen molar-refractivity contribution in [1.82, 2.24) is 0 Å². The number of benzene rings is 3. The summed E-state index contributed by atoms with van der Waals surface area (Å²) < 4.78 is 0. The number of hydrogen-bond donors (Lipinski definition) is 4. The third-order valence-corrected chi connectivity index (χ3v) is 5.46. The molecule has 3 aromatic carbocycles. The van der Waals surface area contributed by atoms with Crippen LogP contribution >= 0.6 is 0 Å². The van der Waals surface area contributed by atoms with Gasteiger partial charge in [0.1, 0.15) is 0 Å². The summed E-state index contributed by atoms with van der Waals surface area (Å²) >= 11 is 0. The Bertz CT molecular complexity index is 1150. The van der Waals surface area contributed by atoms with E-state index in [2.05, 4.69) is 5.32 Å². The van der Waals surface area contributed by atoms with Crippen molar-refractivity contribution in [2.45, 2.75) is 11.8 Å². The van der Waals surface area contributed by atoms with Gasteiger partial charge in [-0.2, -0.15) is 0 Å². The molecule has 0 aromatic heterocycles. The van der Waals surface area contributed by atoms with Gasteiger partial charge in [0.15, 0.2) is 0 Å². The fourth-order valence-electron chi connectivity index (χ4n) is 3.70. The van der Waals surface area contributed by atoms with Crippen LogP contribution in [-0.4, -0.2) is 11.8 Å². The maximum absolute atomic E-state index is 12.6. The van der Waals surface area contributed by atoms with Gasteiger partial charge in [-0.05, 0) is 71.6 Å². The number of nitrogen functional groups attached to an aromatic ring is 2. The van der Waals surface area contributed by atoms with Crippen molar-refractivity contribution < 1.29 is 9.59 Å². The van der Waals surface area contributed by atoms with Gasteiger partial charge in [0.25, 0.3) is 5.91 Å². The van der Waals surface area contributed by atoms with Crippen LogP contribution in [0.5, 0.6) is 0 Å². The Morgan fingerprint density at radius 3 is 2.13 bits per heavy atom. The Kier molecular flexibility index (Phi) is 4.75. The second-order valence-corrected chi connectivity index (χ2v) is 7.46. The summed E-state index contributed by atoms with van der Waals surface area (Å²) in [6, 6.07) is 19.5. The van der Waals surface area contributed by atoms with Gasteiger partial charge in [-0.3, -0.25) is 9.59 Å². The summed E-state index contributed by atoms with van der Waals surface area (Å²) in [6.45, 7) is 0. The van der Waals surface area contributed by atoms with Crippen LogP contribution in [0.1, 0.15) is 27.0 Å². The number of carbonyl (C=O) groups is 2. The first-order valence-electron chi connectivity index (χ1n) is 9.52. The van der Waals surface area contributed by atoms with E-state index in [-0.39, 0.29) is 5.91 Å². The molecule has 2 amide bonds. The first-order chi connectivity index (χ1) is 14.4. The second kappa shape index (κ2) is 7.40. The van der Waals surface area contributed by atoms with Crippen LogP contribution in [-0.2, 0) is 16.6 Å². The Morgan fingerprint density at radius 1 is 0.867 bits per heavy atom. The Balaban J connectivity index is 1.62. The molecule has 0 aliphatic heterocycles. The Morgan fingerprint density at radius 2 is 1.50 bits per heavy atom. The summed E-state index contributed by atoms with van der Waals surface area (Å²) in [5, 5.41) is 2.85. The molecule has 1 atom stereocenters. The van der Waals surface area contributed by atoms with E-state index in [1.165, 1.54) is 0 Å². The maximum Gasteiger partial charge on any atom is 0.255 e. The molecule has 150 valence electrons. The highest BCUT2D eigenvalue weighted by atomic mass is 16.2. The van der Waals surface area contributed by atoms with Crippen molar-refractivity contribution in [3.05, 3.63) is 95.1 Å². The number of hydrogen-bond acceptors (Lipinski definition) is 4. The largest absolute Gasteiger partial charge is 0.399 e. The zero-order valence-corrected chi connectivity index (χ0v) is 16.3. The van der Waals surface area contributed by atoms with E-state index in [9.17, 15) is 9.59 Å². The molecule has 1 aliphatic carbocycles. The lowest BCUT2D eigenvalue weighted by molar-refractivity contribution is -0.121. The molecule has 1 aliphatic rings. The molecule has 6 nitrogen and oxygen atoms in total. The van der Waals surface area contributed by atoms with Crippen molar-refractivity contribution in [1.29, 1.82) is 0 Å². The minimum atomic E-state index is -0.950. The monoisotopic (exact) mass is 398 g/mol. The molecule has 0 bridgehead atoms. The summed E-state index contributed by atoms with van der Waals surface area (Å²) in [5.74, 6) is -0.652. The number of amides is 2. The van der Waals surface area contributed by atoms with E-state index < -0.39 is 11.3 Å². The van der Waals surface area contributed by atoms with E-state index in [1.54, 1.807) is 42.5 Å². The van der Waals surface area contributed by atoms with Crippen LogP contribution in [0.2, 0.25) is 0 Å². The number of rotatable bonds is 4. The number of anilines is 3. The zero-order chi connectivity index (χ0) is 21.3. The molecule has 7 N–H and O–H groups in total. The highest BCUT2D eigenvalue weighted by molar-refractivity contribution is 6.05. The molecule has 0 saturated carbocycles. The van der Waals surface area contributed by atoms with Crippen LogP contribution in [0.3, 0.4) is 0 Å². The molecule has 0 heterocycles. The summed E-state index contributed by atoms with van der Waals surface area (Å²) in [7, 11) is 0. The third kappa shape index (κ3) is 3.51. The Hall–Kier alpha value is -4.06. The smallest absolute Gasteiger partial charge is 0.255 e. The van der Waals surface area contributed by atoms with E-state index in [4.69, 9.17) is 17.2 Å². The molecular weight excluding hydrogens is 376 g/mol. The highest BCUT2D eigenvalue weighted by Crippen LogP contribution is 2.36. The molecule has 6 heteroatoms. The van der Waals surface area contributed by atoms with Gasteiger partial charge in [0, 0.05) is 22.6 Å². The first-order valence-corrected chi connectivity index (χ1v) is 9.52. The molecular formula is C24H22N4O2. The van der Waals surface area contributed by atoms with Gasteiger partial charge < -0.3 is 22.5 Å². The van der Waals surface area contributed by atoms with E-state index in [1.807, 2.05) is 36.4 Å². The lowest BCUT2D eigenvalue weighted by atomic mass is 9.71. The minimum Gasteiger partial charge on any atom is -0.399 e. The van der Waals surface area contributed by atoms with Gasteiger partial charge in [0.05, 0.1) is 5.41 Å². The highest BCUT2D eigenvalue weighted by Gasteiger charge is 2.38. The van der Waals surface area contributed by atoms with Crippen molar-refractivity contribution in [2.75, 3.05) is 16.8 Å². The zero-order valence-electron chi connectivity index (χ0n) is 16.3. The van der Waals surface area contributed by atoms with E-state index in [0.717, 1.165) is 16.7 Å². The molecule has 0 spiro atoms. The number of primary amides is 1. The Labute approximate surface area is 174 Å². The van der Waals surface area contributed by atoms with Gasteiger partial charge >= 0.3 is 0 Å². The van der Waals surface area contributed by atoms with Crippen LogP contribution in [0.4, 0.5) is 17.1 Å². The molecule has 4 rings (SSSR count). The van der Waals surface area contributed by atoms with Crippen LogP contribution < -0.4 is 22.5 Å². The molecule has 3 aromatic rings. The van der Waals surface area contributed by atoms with Crippen molar-refractivity contribution >= 4 is 35.0 Å². The molecule has 0 fully saturated rings. The normalized spacial score (nSPS) is 17.2. The number of carbonyl (C=O) groups excluding carboxylic acids is 2. The van der Waals surface area contributed by atoms with Gasteiger partial charge in [-0.1, -0.05) is 30.4 Å². The van der Waals surface area contributed by atoms with Crippen molar-refractivity contribution in [3.63, 3.8) is 0 Å².